The van der Waals surface area contributed by atoms with E-state index in [1.165, 1.54) is 11.3 Å². The van der Waals surface area contributed by atoms with Crippen LogP contribution in [0.5, 0.6) is 0 Å². The number of carbonyl (C=O) groups is 3. The first kappa shape index (κ1) is 19.4. The van der Waals surface area contributed by atoms with E-state index in [1.807, 2.05) is 37.4 Å². The Morgan fingerprint density at radius 2 is 1.78 bits per heavy atom. The first-order valence-electron chi connectivity index (χ1n) is 9.85. The third-order valence-electron chi connectivity index (χ3n) is 5.82. The van der Waals surface area contributed by atoms with Gasteiger partial charge in [0.25, 0.3) is 0 Å². The molecule has 6 heteroatoms. The van der Waals surface area contributed by atoms with E-state index in [0.29, 0.717) is 6.54 Å². The van der Waals surface area contributed by atoms with Crippen LogP contribution in [0.1, 0.15) is 44.6 Å². The zero-order valence-electron chi connectivity index (χ0n) is 16.3. The summed E-state index contributed by atoms with van der Waals surface area (Å²) in [5.41, 5.74) is 0.993. The minimum atomic E-state index is -0.612. The van der Waals surface area contributed by atoms with Crippen molar-refractivity contribution in [2.75, 3.05) is 20.1 Å². The number of hydrogen-bond acceptors (Lipinski definition) is 3. The molecule has 0 aromatic heterocycles. The Morgan fingerprint density at radius 3 is 2.44 bits per heavy atom. The summed E-state index contributed by atoms with van der Waals surface area (Å²) in [6, 6.07) is 9.29. The molecule has 0 bridgehead atoms. The fourth-order valence-corrected chi connectivity index (χ4v) is 4.04. The van der Waals surface area contributed by atoms with Crippen LogP contribution >= 0.6 is 0 Å². The average Bonchev–Trinajstić information content (AvgIpc) is 2.70. The predicted octanol–water partition coefficient (Wildman–Crippen LogP) is 2.04. The molecule has 1 saturated heterocycles. The molecule has 146 valence electrons. The van der Waals surface area contributed by atoms with E-state index >= 15 is 0 Å². The number of benzene rings is 1. The Balaban J connectivity index is 1.61. The topological polar surface area (TPSA) is 60.9 Å². The van der Waals surface area contributed by atoms with E-state index in [1.54, 1.807) is 16.7 Å². The van der Waals surface area contributed by atoms with Crippen molar-refractivity contribution < 1.29 is 14.4 Å². The van der Waals surface area contributed by atoms with Crippen molar-refractivity contribution in [1.29, 1.82) is 0 Å². The quantitative estimate of drug-likeness (QED) is 0.796. The molecule has 0 N–H and O–H groups in total. The molecule has 1 aliphatic heterocycles. The zero-order chi connectivity index (χ0) is 19.4. The van der Waals surface area contributed by atoms with Gasteiger partial charge in [-0.2, -0.15) is 0 Å². The summed E-state index contributed by atoms with van der Waals surface area (Å²) < 4.78 is 0. The van der Waals surface area contributed by atoms with Crippen molar-refractivity contribution in [3.63, 3.8) is 0 Å². The minimum Gasteiger partial charge on any atom is -0.341 e. The largest absolute Gasteiger partial charge is 0.341 e. The first-order chi connectivity index (χ1) is 13.0. The van der Waals surface area contributed by atoms with Gasteiger partial charge >= 0.3 is 0 Å². The van der Waals surface area contributed by atoms with Crippen molar-refractivity contribution in [3.8, 4) is 0 Å². The van der Waals surface area contributed by atoms with Crippen LogP contribution in [0.15, 0.2) is 30.3 Å². The van der Waals surface area contributed by atoms with E-state index < -0.39 is 6.04 Å². The van der Waals surface area contributed by atoms with Gasteiger partial charge in [-0.25, -0.2) is 0 Å². The molecule has 0 unspecified atom stereocenters. The van der Waals surface area contributed by atoms with Crippen LogP contribution in [0, 0.1) is 0 Å². The Kier molecular flexibility index (Phi) is 6.14. The van der Waals surface area contributed by atoms with Crippen LogP contribution in [-0.2, 0) is 20.9 Å². The molecule has 0 radical (unpaired) electrons. The molecule has 1 aromatic carbocycles. The maximum absolute atomic E-state index is 12.7. The van der Waals surface area contributed by atoms with Gasteiger partial charge in [-0.3, -0.25) is 14.4 Å². The second-order valence-corrected chi connectivity index (χ2v) is 7.67. The molecule has 0 spiro atoms. The molecule has 6 nitrogen and oxygen atoms in total. The average molecular weight is 371 g/mol. The smallest absolute Gasteiger partial charge is 0.245 e. The summed E-state index contributed by atoms with van der Waals surface area (Å²) in [6.45, 7) is 2.14. The van der Waals surface area contributed by atoms with E-state index in [9.17, 15) is 14.4 Å². The highest BCUT2D eigenvalue weighted by Gasteiger charge is 2.38. The lowest BCUT2D eigenvalue weighted by Crippen LogP contribution is -2.60. The van der Waals surface area contributed by atoms with Gasteiger partial charge in [-0.1, -0.05) is 49.6 Å². The second kappa shape index (κ2) is 8.55. The molecule has 3 rings (SSSR count). The van der Waals surface area contributed by atoms with Gasteiger partial charge in [-0.15, -0.1) is 0 Å². The van der Waals surface area contributed by atoms with Gasteiger partial charge in [0.15, 0.2) is 0 Å². The molecule has 1 saturated carbocycles. The summed E-state index contributed by atoms with van der Waals surface area (Å²) in [6.07, 6.45) is 5.57. The monoisotopic (exact) mass is 371 g/mol. The van der Waals surface area contributed by atoms with Gasteiger partial charge in [0.2, 0.25) is 17.7 Å². The standard InChI is InChI=1S/C21H29N3O3/c1-16-21(27)23(13-17-9-5-3-6-10-17)14-20(26)24(16)15-19(25)22(2)18-11-7-4-8-12-18/h3,5-6,9-10,16,18H,4,7-8,11-15H2,1-2H3/t16-/m0/s1. The van der Waals surface area contributed by atoms with Gasteiger partial charge in [0.05, 0.1) is 0 Å². The first-order valence-corrected chi connectivity index (χ1v) is 9.85. The molecule has 27 heavy (non-hydrogen) atoms. The summed E-state index contributed by atoms with van der Waals surface area (Å²) >= 11 is 0. The number of hydrogen-bond donors (Lipinski definition) is 0. The summed E-state index contributed by atoms with van der Waals surface area (Å²) in [5.74, 6) is -0.346. The molecule has 1 aliphatic carbocycles. The Hall–Kier alpha value is -2.37. The number of amides is 3. The van der Waals surface area contributed by atoms with E-state index in [-0.39, 0.29) is 36.9 Å². The lowest BCUT2D eigenvalue weighted by atomic mass is 9.94. The van der Waals surface area contributed by atoms with Crippen LogP contribution in [0.3, 0.4) is 0 Å². The maximum atomic E-state index is 12.7. The highest BCUT2D eigenvalue weighted by molar-refractivity contribution is 5.96. The third kappa shape index (κ3) is 4.49. The molecular weight excluding hydrogens is 342 g/mol. The Bertz CT molecular complexity index is 685. The summed E-state index contributed by atoms with van der Waals surface area (Å²) in [7, 11) is 1.82. The molecule has 1 heterocycles. The van der Waals surface area contributed by atoms with Crippen LogP contribution < -0.4 is 0 Å². The van der Waals surface area contributed by atoms with Crippen LogP contribution in [0.2, 0.25) is 0 Å². The summed E-state index contributed by atoms with van der Waals surface area (Å²) in [5, 5.41) is 0. The summed E-state index contributed by atoms with van der Waals surface area (Å²) in [4.78, 5) is 42.9. The Morgan fingerprint density at radius 1 is 1.11 bits per heavy atom. The normalized spacial score (nSPS) is 21.5. The van der Waals surface area contributed by atoms with E-state index in [0.717, 1.165) is 31.2 Å². The second-order valence-electron chi connectivity index (χ2n) is 7.67. The molecule has 1 atom stereocenters. The third-order valence-corrected chi connectivity index (χ3v) is 5.82. The van der Waals surface area contributed by atoms with Crippen molar-refractivity contribution in [3.05, 3.63) is 35.9 Å². The molecular formula is C21H29N3O3. The predicted molar refractivity (Wildman–Crippen MR) is 103 cm³/mol. The fraction of sp³-hybridized carbons (Fsp3) is 0.571. The van der Waals surface area contributed by atoms with E-state index in [2.05, 4.69) is 0 Å². The fourth-order valence-electron chi connectivity index (χ4n) is 4.04. The van der Waals surface area contributed by atoms with Crippen LogP contribution in [0.4, 0.5) is 0 Å². The zero-order valence-corrected chi connectivity index (χ0v) is 16.3. The number of rotatable bonds is 5. The maximum Gasteiger partial charge on any atom is 0.245 e. The molecule has 2 fully saturated rings. The van der Waals surface area contributed by atoms with Crippen molar-refractivity contribution in [2.24, 2.45) is 0 Å². The van der Waals surface area contributed by atoms with Crippen molar-refractivity contribution in [2.45, 2.75) is 57.7 Å². The molecule has 3 amide bonds. The van der Waals surface area contributed by atoms with Crippen molar-refractivity contribution in [1.82, 2.24) is 14.7 Å². The van der Waals surface area contributed by atoms with Gasteiger partial charge in [-0.05, 0) is 25.3 Å². The number of likely N-dealkylation sites (N-methyl/N-ethyl adjacent to an activating group) is 1. The van der Waals surface area contributed by atoms with Gasteiger partial charge < -0.3 is 14.7 Å². The van der Waals surface area contributed by atoms with Crippen LogP contribution in [0.25, 0.3) is 0 Å². The Labute approximate surface area is 161 Å². The van der Waals surface area contributed by atoms with Gasteiger partial charge in [0.1, 0.15) is 19.1 Å². The van der Waals surface area contributed by atoms with E-state index in [4.69, 9.17) is 0 Å². The number of carbonyl (C=O) groups excluding carboxylic acids is 3. The van der Waals surface area contributed by atoms with Crippen LogP contribution in [-0.4, -0.2) is 64.6 Å². The number of piperazine rings is 1. The lowest BCUT2D eigenvalue weighted by molar-refractivity contribution is -0.158. The minimum absolute atomic E-state index is 0.0160. The van der Waals surface area contributed by atoms with Crippen molar-refractivity contribution >= 4 is 17.7 Å². The number of nitrogens with zero attached hydrogens (tertiary/aromatic N) is 3. The highest BCUT2D eigenvalue weighted by atomic mass is 16.2. The molecule has 1 aromatic rings. The molecule has 2 aliphatic rings. The van der Waals surface area contributed by atoms with Gasteiger partial charge in [0, 0.05) is 19.6 Å². The lowest BCUT2D eigenvalue weighted by Gasteiger charge is -2.40. The SMILES string of the molecule is C[C@H]1C(=O)N(Cc2ccccc2)CC(=O)N1CC(=O)N(C)C1CCCCC1. The highest BCUT2D eigenvalue weighted by Crippen LogP contribution is 2.22.